The molecule has 0 unspecified atom stereocenters. The van der Waals surface area contributed by atoms with Gasteiger partial charge in [-0.2, -0.15) is 0 Å². The smallest absolute Gasteiger partial charge is 0.254 e. The highest BCUT2D eigenvalue weighted by Crippen LogP contribution is 2.53. The first-order valence-corrected chi connectivity index (χ1v) is 7.86. The first-order chi connectivity index (χ1) is 10.1. The topological polar surface area (TPSA) is 29.1 Å². The van der Waals surface area contributed by atoms with Gasteiger partial charge in [-0.1, -0.05) is 0 Å². The normalized spacial score (nSPS) is 36.8. The lowest BCUT2D eigenvalue weighted by atomic mass is 9.54. The van der Waals surface area contributed by atoms with E-state index in [1.54, 1.807) is 0 Å². The molecule has 1 aromatic carbocycles. The van der Waals surface area contributed by atoms with E-state index < -0.39 is 17.5 Å². The maximum Gasteiger partial charge on any atom is 0.254 e. The van der Waals surface area contributed by atoms with Gasteiger partial charge in [0.15, 0.2) is 0 Å². The molecule has 0 aromatic heterocycles. The van der Waals surface area contributed by atoms with E-state index in [0.717, 1.165) is 30.0 Å². The molecular weight excluding hydrogens is 272 g/mol. The second-order valence-electron chi connectivity index (χ2n) is 7.05. The Balaban J connectivity index is 1.53. The summed E-state index contributed by atoms with van der Waals surface area (Å²) in [4.78, 5) is 12.3. The maximum atomic E-state index is 13.7. The summed E-state index contributed by atoms with van der Waals surface area (Å²) in [5, 5.41) is 3.00. The molecule has 0 aliphatic heterocycles. The van der Waals surface area contributed by atoms with E-state index in [9.17, 15) is 13.6 Å². The van der Waals surface area contributed by atoms with Crippen molar-refractivity contribution in [3.05, 3.63) is 35.4 Å². The minimum Gasteiger partial charge on any atom is -0.349 e. The fourth-order valence-electron chi connectivity index (χ4n) is 5.06. The molecule has 0 spiro atoms. The Morgan fingerprint density at radius 3 is 2.24 bits per heavy atom. The van der Waals surface area contributed by atoms with Gasteiger partial charge in [0.05, 0.1) is 5.56 Å². The van der Waals surface area contributed by atoms with Crippen LogP contribution in [0.1, 0.15) is 42.5 Å². The average Bonchev–Trinajstić information content (AvgIpc) is 2.44. The van der Waals surface area contributed by atoms with Crippen LogP contribution in [0.15, 0.2) is 18.2 Å². The number of nitrogens with one attached hydrogen (secondary N) is 1. The van der Waals surface area contributed by atoms with E-state index >= 15 is 0 Å². The van der Waals surface area contributed by atoms with E-state index in [2.05, 4.69) is 5.32 Å². The Morgan fingerprint density at radius 1 is 1.00 bits per heavy atom. The van der Waals surface area contributed by atoms with Gasteiger partial charge in [0.1, 0.15) is 11.6 Å². The van der Waals surface area contributed by atoms with Gasteiger partial charge in [-0.15, -0.1) is 0 Å². The summed E-state index contributed by atoms with van der Waals surface area (Å²) in [7, 11) is 0. The first kappa shape index (κ1) is 13.2. The summed E-state index contributed by atoms with van der Waals surface area (Å²) in [5.74, 6) is 1.01. The molecule has 21 heavy (non-hydrogen) atoms. The molecule has 4 saturated carbocycles. The molecule has 4 heteroatoms. The lowest BCUT2D eigenvalue weighted by molar-refractivity contribution is -0.0120. The summed E-state index contributed by atoms with van der Waals surface area (Å²) in [6.45, 7) is 0. The minimum absolute atomic E-state index is 0.146. The molecule has 4 fully saturated rings. The number of carbonyl (C=O) groups excluding carboxylic acids is 1. The van der Waals surface area contributed by atoms with Crippen LogP contribution < -0.4 is 5.32 Å². The molecule has 4 bridgehead atoms. The van der Waals surface area contributed by atoms with Crippen molar-refractivity contribution < 1.29 is 13.6 Å². The molecule has 1 N–H and O–H groups in total. The number of hydrogen-bond acceptors (Lipinski definition) is 1. The van der Waals surface area contributed by atoms with E-state index in [-0.39, 0.29) is 11.6 Å². The fraction of sp³-hybridized carbons (Fsp3) is 0.588. The predicted octanol–water partition coefficient (Wildman–Crippen LogP) is 3.52. The Bertz CT molecular complexity index is 558. The lowest BCUT2D eigenvalue weighted by Crippen LogP contribution is -2.55. The van der Waals surface area contributed by atoms with Gasteiger partial charge in [0.25, 0.3) is 5.91 Å². The van der Waals surface area contributed by atoms with Crippen molar-refractivity contribution in [2.45, 2.75) is 38.1 Å². The summed E-state index contributed by atoms with van der Waals surface area (Å²) in [5.41, 5.74) is -0.177. The molecule has 4 aliphatic carbocycles. The molecule has 0 atom stereocenters. The molecule has 5 rings (SSSR count). The highest BCUT2D eigenvalue weighted by Gasteiger charge is 2.48. The Labute approximate surface area is 122 Å². The molecular formula is C17H19F2NO. The van der Waals surface area contributed by atoms with Crippen LogP contribution in [-0.4, -0.2) is 11.9 Å². The van der Waals surface area contributed by atoms with Crippen LogP contribution in [0.4, 0.5) is 8.78 Å². The van der Waals surface area contributed by atoms with Crippen LogP contribution >= 0.6 is 0 Å². The van der Waals surface area contributed by atoms with Gasteiger partial charge in [-0.05, 0) is 74.0 Å². The van der Waals surface area contributed by atoms with Crippen molar-refractivity contribution in [1.29, 1.82) is 0 Å². The SMILES string of the molecule is O=C(NC1C2CC3CC(C2)CC1C3)c1cc(F)ccc1F. The summed E-state index contributed by atoms with van der Waals surface area (Å²) in [6.07, 6.45) is 6.09. The molecule has 4 aliphatic rings. The van der Waals surface area contributed by atoms with Gasteiger partial charge < -0.3 is 5.32 Å². The highest BCUT2D eigenvalue weighted by molar-refractivity contribution is 5.94. The van der Waals surface area contributed by atoms with Crippen LogP contribution in [-0.2, 0) is 0 Å². The molecule has 0 heterocycles. The molecule has 1 amide bonds. The Hall–Kier alpha value is -1.45. The van der Waals surface area contributed by atoms with Crippen LogP contribution in [0.5, 0.6) is 0 Å². The Kier molecular flexibility index (Phi) is 3.02. The standard InChI is InChI=1S/C17H19F2NO/c18-13-1-2-15(19)14(8-13)17(21)20-16-11-4-9-3-10(6-11)7-12(16)5-9/h1-2,8-12,16H,3-7H2,(H,20,21). The van der Waals surface area contributed by atoms with Crippen molar-refractivity contribution in [3.63, 3.8) is 0 Å². The molecule has 112 valence electrons. The zero-order valence-electron chi connectivity index (χ0n) is 11.8. The van der Waals surface area contributed by atoms with Crippen molar-refractivity contribution in [2.24, 2.45) is 23.7 Å². The summed E-state index contributed by atoms with van der Waals surface area (Å²) < 4.78 is 26.9. The van der Waals surface area contributed by atoms with Crippen molar-refractivity contribution >= 4 is 5.91 Å². The number of carbonyl (C=O) groups is 1. The van der Waals surface area contributed by atoms with Crippen LogP contribution in [0, 0.1) is 35.3 Å². The highest BCUT2D eigenvalue weighted by atomic mass is 19.1. The number of hydrogen-bond donors (Lipinski definition) is 1. The summed E-state index contributed by atoms with van der Waals surface area (Å²) in [6, 6.07) is 3.18. The van der Waals surface area contributed by atoms with E-state index in [1.807, 2.05) is 0 Å². The van der Waals surface area contributed by atoms with Gasteiger partial charge in [0, 0.05) is 6.04 Å². The Morgan fingerprint density at radius 2 is 1.62 bits per heavy atom. The number of amides is 1. The third-order valence-electron chi connectivity index (χ3n) is 5.70. The monoisotopic (exact) mass is 291 g/mol. The van der Waals surface area contributed by atoms with Gasteiger partial charge in [-0.3, -0.25) is 4.79 Å². The van der Waals surface area contributed by atoms with Crippen LogP contribution in [0.3, 0.4) is 0 Å². The predicted molar refractivity (Wildman–Crippen MR) is 74.7 cm³/mol. The van der Waals surface area contributed by atoms with E-state index in [1.165, 1.54) is 32.1 Å². The lowest BCUT2D eigenvalue weighted by Gasteiger charge is -2.54. The third kappa shape index (κ3) is 2.25. The maximum absolute atomic E-state index is 13.7. The van der Waals surface area contributed by atoms with Crippen LogP contribution in [0.25, 0.3) is 0 Å². The van der Waals surface area contributed by atoms with Crippen LogP contribution in [0.2, 0.25) is 0 Å². The first-order valence-electron chi connectivity index (χ1n) is 7.86. The number of benzene rings is 1. The average molecular weight is 291 g/mol. The van der Waals surface area contributed by atoms with Crippen molar-refractivity contribution in [2.75, 3.05) is 0 Å². The number of halogens is 2. The fourth-order valence-corrected chi connectivity index (χ4v) is 5.06. The summed E-state index contributed by atoms with van der Waals surface area (Å²) >= 11 is 0. The van der Waals surface area contributed by atoms with Gasteiger partial charge in [0.2, 0.25) is 0 Å². The van der Waals surface area contributed by atoms with Crippen molar-refractivity contribution in [3.8, 4) is 0 Å². The van der Waals surface area contributed by atoms with E-state index in [0.29, 0.717) is 11.8 Å². The quantitative estimate of drug-likeness (QED) is 0.887. The molecule has 2 nitrogen and oxygen atoms in total. The zero-order valence-corrected chi connectivity index (χ0v) is 11.8. The second kappa shape index (κ2) is 4.79. The zero-order chi connectivity index (χ0) is 14.6. The minimum atomic E-state index is -0.655. The van der Waals surface area contributed by atoms with Gasteiger partial charge >= 0.3 is 0 Å². The van der Waals surface area contributed by atoms with E-state index in [4.69, 9.17) is 0 Å². The van der Waals surface area contributed by atoms with Gasteiger partial charge in [-0.25, -0.2) is 8.78 Å². The largest absolute Gasteiger partial charge is 0.349 e. The third-order valence-corrected chi connectivity index (χ3v) is 5.70. The second-order valence-corrected chi connectivity index (χ2v) is 7.05. The number of rotatable bonds is 2. The molecule has 0 radical (unpaired) electrons. The molecule has 1 aromatic rings. The van der Waals surface area contributed by atoms with Crippen molar-refractivity contribution in [1.82, 2.24) is 5.32 Å². The molecule has 0 saturated heterocycles.